The predicted octanol–water partition coefficient (Wildman–Crippen LogP) is 5.67. The van der Waals surface area contributed by atoms with Crippen LogP contribution >= 0.6 is 0 Å². The summed E-state index contributed by atoms with van der Waals surface area (Å²) in [7, 11) is 0. The maximum atomic E-state index is 17.1. The third-order valence-corrected chi connectivity index (χ3v) is 9.59. The maximum Gasteiger partial charge on any atom is 0.319 e. The zero-order valence-electron chi connectivity index (χ0n) is 24.5. The number of piperidine rings is 1. The largest absolute Gasteiger partial charge is 0.508 e. The van der Waals surface area contributed by atoms with Crippen LogP contribution in [0, 0.1) is 17.1 Å². The number of phenols is 1. The molecule has 3 aliphatic heterocycles. The van der Waals surface area contributed by atoms with Crippen molar-refractivity contribution in [2.75, 3.05) is 37.7 Å². The highest BCUT2D eigenvalue weighted by atomic mass is 19.1. The predicted molar refractivity (Wildman–Crippen MR) is 164 cm³/mol. The number of ether oxygens (including phenoxy) is 1. The minimum absolute atomic E-state index is 0.00630. The lowest BCUT2D eigenvalue weighted by molar-refractivity contribution is 0.107. The van der Waals surface area contributed by atoms with E-state index in [4.69, 9.17) is 9.72 Å². The molecule has 3 fully saturated rings. The molecule has 4 aromatic rings. The summed E-state index contributed by atoms with van der Waals surface area (Å²) in [6, 6.07) is 14.7. The second-order valence-electron chi connectivity index (χ2n) is 12.4. The van der Waals surface area contributed by atoms with Crippen LogP contribution in [0.1, 0.15) is 44.1 Å². The number of aliphatic hydroxyl groups excluding tert-OH is 1. The monoisotopic (exact) mass is 599 g/mol. The van der Waals surface area contributed by atoms with Crippen molar-refractivity contribution in [2.24, 2.45) is 0 Å². The number of hydrogen-bond acceptors (Lipinski definition) is 8. The minimum Gasteiger partial charge on any atom is -0.508 e. The van der Waals surface area contributed by atoms with Gasteiger partial charge in [-0.25, -0.2) is 8.78 Å². The number of aromatic hydroxyl groups is 1. The number of aryl methyl sites for hydroxylation is 1. The first kappa shape index (κ1) is 28.7. The number of phenolic OH excluding ortho intramolecular Hbond substituents is 1. The summed E-state index contributed by atoms with van der Waals surface area (Å²) in [5.41, 5.74) is 1.06. The van der Waals surface area contributed by atoms with Crippen molar-refractivity contribution >= 4 is 27.5 Å². The first-order valence-electron chi connectivity index (χ1n) is 15.4. The van der Waals surface area contributed by atoms with Crippen LogP contribution in [0.5, 0.6) is 11.8 Å². The van der Waals surface area contributed by atoms with Crippen LogP contribution < -0.4 is 9.64 Å². The highest BCUT2D eigenvalue weighted by Gasteiger charge is 2.49. The Morgan fingerprint density at radius 2 is 1.91 bits per heavy atom. The normalized spacial score (nSPS) is 22.5. The van der Waals surface area contributed by atoms with Crippen molar-refractivity contribution < 1.29 is 23.7 Å². The second kappa shape index (κ2) is 11.5. The van der Waals surface area contributed by atoms with Gasteiger partial charge in [0.1, 0.15) is 29.9 Å². The molecule has 2 atom stereocenters. The maximum absolute atomic E-state index is 17.1. The Labute approximate surface area is 254 Å². The zero-order valence-corrected chi connectivity index (χ0v) is 24.5. The number of rotatable bonds is 7. The van der Waals surface area contributed by atoms with Crippen LogP contribution in [-0.2, 0) is 6.42 Å². The minimum atomic E-state index is -0.907. The molecule has 0 bridgehead atoms. The van der Waals surface area contributed by atoms with E-state index in [0.717, 1.165) is 30.2 Å². The number of nitrogens with zero attached hydrogens (tertiary/aromatic N) is 5. The average Bonchev–Trinajstić information content (AvgIpc) is 3.54. The van der Waals surface area contributed by atoms with Gasteiger partial charge in [-0.1, -0.05) is 24.3 Å². The van der Waals surface area contributed by atoms with E-state index < -0.39 is 23.6 Å². The molecular weight excluding hydrogens is 564 g/mol. The number of fused-ring (bicyclic) bond motifs is 3. The van der Waals surface area contributed by atoms with Gasteiger partial charge in [0.2, 0.25) is 0 Å². The Kier molecular flexibility index (Phi) is 7.47. The molecule has 3 aliphatic rings. The van der Waals surface area contributed by atoms with Gasteiger partial charge in [0, 0.05) is 43.4 Å². The first-order valence-corrected chi connectivity index (χ1v) is 15.4. The number of alkyl halides is 1. The van der Waals surface area contributed by atoms with Gasteiger partial charge in [-0.3, -0.25) is 4.90 Å². The Bertz CT molecular complexity index is 1770. The molecule has 0 amide bonds. The summed E-state index contributed by atoms with van der Waals surface area (Å²) in [4.78, 5) is 13.6. The summed E-state index contributed by atoms with van der Waals surface area (Å²) in [5.74, 6) is -0.0641. The van der Waals surface area contributed by atoms with Gasteiger partial charge in [0.05, 0.1) is 17.7 Å². The SMILES string of the molecule is N#CCCc1cc2c(N3CCC(O)CC3)nc(OC[C@@]34CCCN3C[C@H](F)C4)nc2c(F)c1-c1cc(O)cc2ccccc12. The number of aliphatic hydroxyl groups is 1. The standard InChI is InChI=1S/C34H35F2N5O3/c35-23-18-34(10-4-12-41(34)19-23)20-44-33-38-31-28(32(39-33)40-13-8-24(42)9-14-40)16-22(6-3-11-37)29(30(31)36)27-17-25(43)15-21-5-1-2-7-26(21)27/h1-2,5,7,15-17,23-24,42-43H,3-4,6,8-10,12-14,18-20H2/t23-,34+/m1/s1. The molecule has 0 aliphatic carbocycles. The van der Waals surface area contributed by atoms with Crippen molar-refractivity contribution in [1.82, 2.24) is 14.9 Å². The average molecular weight is 600 g/mol. The molecule has 10 heteroatoms. The fourth-order valence-corrected chi connectivity index (χ4v) is 7.46. The van der Waals surface area contributed by atoms with Crippen molar-refractivity contribution in [2.45, 2.75) is 62.8 Å². The Morgan fingerprint density at radius 1 is 1.09 bits per heavy atom. The summed E-state index contributed by atoms with van der Waals surface area (Å²) in [6.45, 7) is 2.49. The molecule has 0 spiro atoms. The van der Waals surface area contributed by atoms with Crippen LogP contribution in [-0.4, -0.2) is 75.7 Å². The Hall–Kier alpha value is -4.07. The lowest BCUT2D eigenvalue weighted by Gasteiger charge is -2.32. The van der Waals surface area contributed by atoms with Crippen molar-refractivity contribution in [3.05, 3.63) is 53.8 Å². The number of benzene rings is 3. The molecular formula is C34H35F2N5O3. The fraction of sp³-hybridized carbons (Fsp3) is 0.441. The Morgan fingerprint density at radius 3 is 2.73 bits per heavy atom. The summed E-state index contributed by atoms with van der Waals surface area (Å²) in [5, 5.41) is 32.3. The quantitative estimate of drug-likeness (QED) is 0.280. The molecule has 8 nitrogen and oxygen atoms in total. The number of halogens is 2. The van der Waals surface area contributed by atoms with Crippen LogP contribution in [0.2, 0.25) is 0 Å². The third kappa shape index (κ3) is 5.08. The lowest BCUT2D eigenvalue weighted by Crippen LogP contribution is -2.43. The van der Waals surface area contributed by atoms with Crippen LogP contribution in [0.4, 0.5) is 14.6 Å². The van der Waals surface area contributed by atoms with Gasteiger partial charge in [0.25, 0.3) is 0 Å². The van der Waals surface area contributed by atoms with Gasteiger partial charge >= 0.3 is 6.01 Å². The molecule has 3 aromatic carbocycles. The van der Waals surface area contributed by atoms with E-state index in [-0.39, 0.29) is 35.9 Å². The third-order valence-electron chi connectivity index (χ3n) is 9.59. The van der Waals surface area contributed by atoms with Gasteiger partial charge in [-0.15, -0.1) is 0 Å². The second-order valence-corrected chi connectivity index (χ2v) is 12.4. The number of hydrogen-bond donors (Lipinski definition) is 2. The molecule has 0 unspecified atom stereocenters. The molecule has 44 heavy (non-hydrogen) atoms. The number of nitriles is 1. The van der Waals surface area contributed by atoms with Crippen molar-refractivity contribution in [1.29, 1.82) is 5.26 Å². The molecule has 1 aromatic heterocycles. The summed E-state index contributed by atoms with van der Waals surface area (Å²) >= 11 is 0. The fourth-order valence-electron chi connectivity index (χ4n) is 7.46. The van der Waals surface area contributed by atoms with E-state index in [0.29, 0.717) is 67.6 Å². The van der Waals surface area contributed by atoms with Gasteiger partial charge in [0.15, 0.2) is 5.82 Å². The molecule has 4 heterocycles. The van der Waals surface area contributed by atoms with Crippen molar-refractivity contribution in [3.8, 4) is 29.0 Å². The van der Waals surface area contributed by atoms with Gasteiger partial charge in [-0.2, -0.15) is 15.2 Å². The zero-order chi connectivity index (χ0) is 30.4. The van der Waals surface area contributed by atoms with Crippen LogP contribution in [0.25, 0.3) is 32.8 Å². The smallest absolute Gasteiger partial charge is 0.319 e. The van der Waals surface area contributed by atoms with Crippen LogP contribution in [0.3, 0.4) is 0 Å². The topological polar surface area (TPSA) is 106 Å². The van der Waals surface area contributed by atoms with E-state index in [9.17, 15) is 19.9 Å². The number of aromatic nitrogens is 2. The summed E-state index contributed by atoms with van der Waals surface area (Å²) < 4.78 is 37.7. The Balaban J connectivity index is 1.40. The van der Waals surface area contributed by atoms with E-state index in [1.54, 1.807) is 12.1 Å². The lowest BCUT2D eigenvalue weighted by atomic mass is 9.90. The van der Waals surface area contributed by atoms with E-state index in [1.165, 1.54) is 0 Å². The van der Waals surface area contributed by atoms with E-state index in [1.807, 2.05) is 35.2 Å². The number of anilines is 1. The molecule has 2 N–H and O–H groups in total. The van der Waals surface area contributed by atoms with Crippen LogP contribution in [0.15, 0.2) is 42.5 Å². The molecule has 3 saturated heterocycles. The first-order chi connectivity index (χ1) is 21.3. The molecule has 0 radical (unpaired) electrons. The van der Waals surface area contributed by atoms with E-state index >= 15 is 4.39 Å². The molecule has 7 rings (SSSR count). The van der Waals surface area contributed by atoms with E-state index in [2.05, 4.69) is 16.0 Å². The van der Waals surface area contributed by atoms with Crippen molar-refractivity contribution in [3.63, 3.8) is 0 Å². The summed E-state index contributed by atoms with van der Waals surface area (Å²) in [6.07, 6.45) is 2.44. The van der Waals surface area contributed by atoms with Gasteiger partial charge in [-0.05, 0) is 78.7 Å². The highest BCUT2D eigenvalue weighted by molar-refractivity contribution is 6.02. The molecule has 0 saturated carbocycles. The molecule has 228 valence electrons. The highest BCUT2D eigenvalue weighted by Crippen LogP contribution is 2.43. The van der Waals surface area contributed by atoms with Gasteiger partial charge < -0.3 is 19.8 Å².